The number of pyridine rings is 1. The van der Waals surface area contributed by atoms with E-state index in [2.05, 4.69) is 4.98 Å². The van der Waals surface area contributed by atoms with E-state index in [-0.39, 0.29) is 12.5 Å². The first-order valence-corrected chi connectivity index (χ1v) is 7.07. The van der Waals surface area contributed by atoms with Crippen molar-refractivity contribution < 1.29 is 14.7 Å². The van der Waals surface area contributed by atoms with Gasteiger partial charge in [0.05, 0.1) is 6.54 Å². The molecule has 1 aliphatic rings. The van der Waals surface area contributed by atoms with Gasteiger partial charge in [-0.3, -0.25) is 10.2 Å². The lowest BCUT2D eigenvalue weighted by atomic mass is 10.1. The monoisotopic (exact) mass is 299 g/mol. The van der Waals surface area contributed by atoms with E-state index in [9.17, 15) is 10.0 Å². The van der Waals surface area contributed by atoms with Crippen molar-refractivity contribution in [2.45, 2.75) is 12.3 Å². The fourth-order valence-corrected chi connectivity index (χ4v) is 2.52. The molecule has 0 aliphatic heterocycles. The van der Waals surface area contributed by atoms with Crippen LogP contribution in [0.5, 0.6) is 11.5 Å². The van der Waals surface area contributed by atoms with Gasteiger partial charge in [-0.25, -0.2) is 9.86 Å². The summed E-state index contributed by atoms with van der Waals surface area (Å²) < 4.78 is 5.78. The Kier molecular flexibility index (Phi) is 3.93. The first kappa shape index (κ1) is 14.3. The van der Waals surface area contributed by atoms with Gasteiger partial charge in [0, 0.05) is 12.4 Å². The molecule has 22 heavy (non-hydrogen) atoms. The Labute approximate surface area is 128 Å². The minimum absolute atomic E-state index is 0.230. The summed E-state index contributed by atoms with van der Waals surface area (Å²) in [5, 5.41) is 9.95. The van der Waals surface area contributed by atoms with Gasteiger partial charge in [-0.15, -0.1) is 0 Å². The third kappa shape index (κ3) is 3.35. The average molecular weight is 299 g/mol. The number of hydroxylamine groups is 2. The summed E-state index contributed by atoms with van der Waals surface area (Å²) in [6.07, 6.45) is 4.27. The number of amides is 2. The summed E-state index contributed by atoms with van der Waals surface area (Å²) in [7, 11) is 0. The Hall–Kier alpha value is -2.60. The second kappa shape index (κ2) is 6.03. The fourth-order valence-electron chi connectivity index (χ4n) is 2.52. The highest BCUT2D eigenvalue weighted by Crippen LogP contribution is 2.48. The van der Waals surface area contributed by atoms with Crippen molar-refractivity contribution in [2.75, 3.05) is 6.54 Å². The van der Waals surface area contributed by atoms with Crippen LogP contribution in [0.1, 0.15) is 17.9 Å². The van der Waals surface area contributed by atoms with Gasteiger partial charge in [0.25, 0.3) is 0 Å². The Balaban J connectivity index is 1.64. The van der Waals surface area contributed by atoms with Gasteiger partial charge in [-0.05, 0) is 48.1 Å². The second-order valence-corrected chi connectivity index (χ2v) is 5.38. The molecule has 114 valence electrons. The van der Waals surface area contributed by atoms with Gasteiger partial charge in [-0.2, -0.15) is 0 Å². The zero-order chi connectivity index (χ0) is 15.5. The molecular formula is C16H17N3O3. The lowest BCUT2D eigenvalue weighted by Gasteiger charge is -2.11. The number of rotatable bonds is 5. The highest BCUT2D eigenvalue weighted by molar-refractivity contribution is 5.70. The maximum atomic E-state index is 10.8. The summed E-state index contributed by atoms with van der Waals surface area (Å²) >= 11 is 0. The standard InChI is InChI=1S/C16H17N3O3/c17-16(20)19(21)10-12-9-15(12)11-2-1-3-14(8-11)22-13-4-6-18-7-5-13/h1-8,12,15,21H,9-10H2,(H2,17,20). The summed E-state index contributed by atoms with van der Waals surface area (Å²) in [6, 6.07) is 10.6. The molecule has 2 aromatic rings. The minimum Gasteiger partial charge on any atom is -0.457 e. The van der Waals surface area contributed by atoms with Crippen LogP contribution in [0.2, 0.25) is 0 Å². The SMILES string of the molecule is NC(=O)N(O)CC1CC1c1cccc(Oc2ccncc2)c1. The summed E-state index contributed by atoms with van der Waals surface area (Å²) in [5.74, 6) is 2.03. The number of primary amides is 1. The molecule has 1 aliphatic carbocycles. The highest BCUT2D eigenvalue weighted by Gasteiger charge is 2.40. The summed E-state index contributed by atoms with van der Waals surface area (Å²) in [4.78, 5) is 14.8. The van der Waals surface area contributed by atoms with Crippen LogP contribution >= 0.6 is 0 Å². The van der Waals surface area contributed by atoms with E-state index in [1.54, 1.807) is 24.5 Å². The van der Waals surface area contributed by atoms with Crippen LogP contribution in [-0.2, 0) is 0 Å². The third-order valence-corrected chi connectivity index (χ3v) is 3.76. The molecule has 0 radical (unpaired) electrons. The van der Waals surface area contributed by atoms with E-state index in [0.717, 1.165) is 23.5 Å². The molecule has 0 bridgehead atoms. The largest absolute Gasteiger partial charge is 0.457 e. The van der Waals surface area contributed by atoms with Crippen LogP contribution in [0, 0.1) is 5.92 Å². The molecule has 2 amide bonds. The van der Waals surface area contributed by atoms with Crippen LogP contribution < -0.4 is 10.5 Å². The number of carbonyl (C=O) groups excluding carboxylic acids is 1. The number of carbonyl (C=O) groups is 1. The number of ether oxygens (including phenoxy) is 1. The number of urea groups is 1. The molecule has 3 rings (SSSR count). The van der Waals surface area contributed by atoms with Crippen molar-refractivity contribution in [1.82, 2.24) is 10.0 Å². The molecule has 6 heteroatoms. The number of benzene rings is 1. The van der Waals surface area contributed by atoms with E-state index >= 15 is 0 Å². The molecule has 6 nitrogen and oxygen atoms in total. The molecule has 1 aromatic heterocycles. The number of hydrogen-bond acceptors (Lipinski definition) is 4. The average Bonchev–Trinajstić information content (AvgIpc) is 3.28. The molecule has 3 N–H and O–H groups in total. The van der Waals surface area contributed by atoms with Crippen LogP contribution in [-0.4, -0.2) is 27.8 Å². The van der Waals surface area contributed by atoms with Crippen molar-refractivity contribution in [1.29, 1.82) is 0 Å². The molecular weight excluding hydrogens is 282 g/mol. The van der Waals surface area contributed by atoms with Crippen molar-refractivity contribution in [3.05, 3.63) is 54.4 Å². The zero-order valence-electron chi connectivity index (χ0n) is 11.9. The topological polar surface area (TPSA) is 88.7 Å². The Morgan fingerprint density at radius 2 is 2.09 bits per heavy atom. The van der Waals surface area contributed by atoms with Gasteiger partial charge in [0.2, 0.25) is 0 Å². The number of aromatic nitrogens is 1. The van der Waals surface area contributed by atoms with Crippen LogP contribution in [0.15, 0.2) is 48.8 Å². The summed E-state index contributed by atoms with van der Waals surface area (Å²) in [5.41, 5.74) is 6.15. The predicted octanol–water partition coefficient (Wildman–Crippen LogP) is 2.75. The molecule has 1 aromatic carbocycles. The van der Waals surface area contributed by atoms with E-state index < -0.39 is 6.03 Å². The van der Waals surface area contributed by atoms with Crippen molar-refractivity contribution >= 4 is 6.03 Å². The summed E-state index contributed by atoms with van der Waals surface area (Å²) in [6.45, 7) is 0.259. The van der Waals surface area contributed by atoms with Crippen molar-refractivity contribution in [2.24, 2.45) is 11.7 Å². The Morgan fingerprint density at radius 1 is 1.32 bits per heavy atom. The molecule has 1 fully saturated rings. The first-order chi connectivity index (χ1) is 10.6. The molecule has 2 unspecified atom stereocenters. The third-order valence-electron chi connectivity index (χ3n) is 3.76. The normalized spacial score (nSPS) is 19.5. The van der Waals surface area contributed by atoms with Gasteiger partial charge in [0.1, 0.15) is 11.5 Å². The Bertz CT molecular complexity index is 663. The number of hydrogen-bond donors (Lipinski definition) is 2. The zero-order valence-corrected chi connectivity index (χ0v) is 11.9. The molecule has 1 saturated carbocycles. The molecule has 0 saturated heterocycles. The van der Waals surface area contributed by atoms with Gasteiger partial charge in [0.15, 0.2) is 0 Å². The smallest absolute Gasteiger partial charge is 0.338 e. The van der Waals surface area contributed by atoms with Gasteiger partial charge in [-0.1, -0.05) is 12.1 Å². The molecule has 1 heterocycles. The van der Waals surface area contributed by atoms with E-state index in [1.807, 2.05) is 24.3 Å². The molecule has 2 atom stereocenters. The van der Waals surface area contributed by atoms with Crippen molar-refractivity contribution in [3.63, 3.8) is 0 Å². The number of nitrogens with zero attached hydrogens (tertiary/aromatic N) is 2. The Morgan fingerprint density at radius 3 is 2.82 bits per heavy atom. The van der Waals surface area contributed by atoms with E-state index in [0.29, 0.717) is 11.0 Å². The predicted molar refractivity (Wildman–Crippen MR) is 79.7 cm³/mol. The maximum Gasteiger partial charge on any atom is 0.338 e. The second-order valence-electron chi connectivity index (χ2n) is 5.38. The highest BCUT2D eigenvalue weighted by atomic mass is 16.5. The van der Waals surface area contributed by atoms with Crippen LogP contribution in [0.3, 0.4) is 0 Å². The quantitative estimate of drug-likeness (QED) is 0.656. The van der Waals surface area contributed by atoms with Gasteiger partial charge >= 0.3 is 6.03 Å². The van der Waals surface area contributed by atoms with E-state index in [4.69, 9.17) is 10.5 Å². The minimum atomic E-state index is -0.819. The van der Waals surface area contributed by atoms with Gasteiger partial charge < -0.3 is 10.5 Å². The van der Waals surface area contributed by atoms with Crippen molar-refractivity contribution in [3.8, 4) is 11.5 Å². The lowest BCUT2D eigenvalue weighted by molar-refractivity contribution is -0.0431. The lowest BCUT2D eigenvalue weighted by Crippen LogP contribution is -2.34. The van der Waals surface area contributed by atoms with E-state index in [1.165, 1.54) is 0 Å². The maximum absolute atomic E-state index is 10.8. The van der Waals surface area contributed by atoms with Crippen LogP contribution in [0.4, 0.5) is 4.79 Å². The molecule has 0 spiro atoms. The fraction of sp³-hybridized carbons (Fsp3) is 0.250. The number of nitrogens with two attached hydrogens (primary N) is 1. The van der Waals surface area contributed by atoms with Crippen LogP contribution in [0.25, 0.3) is 0 Å². The first-order valence-electron chi connectivity index (χ1n) is 7.07.